The Labute approximate surface area is 200 Å². The first-order valence-electron chi connectivity index (χ1n) is 11.4. The predicted octanol–water partition coefficient (Wildman–Crippen LogP) is 2.61. The molecule has 4 aliphatic rings. The molecule has 4 N–H and O–H groups in total. The van der Waals surface area contributed by atoms with Gasteiger partial charge in [-0.2, -0.15) is 0 Å². The van der Waals surface area contributed by atoms with Gasteiger partial charge in [0, 0.05) is 30.5 Å². The fraction of sp³-hybridized carbons (Fsp3) is 0.591. The second kappa shape index (κ2) is 7.89. The summed E-state index contributed by atoms with van der Waals surface area (Å²) in [6.45, 7) is 2.65. The molecule has 0 bridgehead atoms. The average molecular weight is 507 g/mol. The molecular formula is C22H27N4O6PS. The molecule has 2 saturated heterocycles. The number of hydrogen-bond acceptors (Lipinski definition) is 11. The first kappa shape index (κ1) is 22.7. The molecule has 10 nitrogen and oxygen atoms in total. The van der Waals surface area contributed by atoms with Crippen molar-refractivity contribution < 1.29 is 28.6 Å². The molecule has 12 heteroatoms. The molecule has 0 spiro atoms. The van der Waals surface area contributed by atoms with Gasteiger partial charge in [-0.15, -0.1) is 11.3 Å². The van der Waals surface area contributed by atoms with Crippen molar-refractivity contribution in [3.8, 4) is 0 Å². The molecule has 1 aliphatic carbocycles. The van der Waals surface area contributed by atoms with Gasteiger partial charge < -0.3 is 29.7 Å². The van der Waals surface area contributed by atoms with Gasteiger partial charge in [-0.1, -0.05) is 0 Å². The number of nitrogen functional groups attached to an aromatic ring is 1. The van der Waals surface area contributed by atoms with Crippen LogP contribution >= 0.6 is 18.9 Å². The summed E-state index contributed by atoms with van der Waals surface area (Å²) in [5.74, 6) is -0.0113. The van der Waals surface area contributed by atoms with E-state index in [2.05, 4.69) is 15.0 Å². The van der Waals surface area contributed by atoms with Crippen LogP contribution in [0.2, 0.25) is 0 Å². The van der Waals surface area contributed by atoms with Gasteiger partial charge in [0.2, 0.25) is 0 Å². The quantitative estimate of drug-likeness (QED) is 0.520. The molecule has 5 heterocycles. The van der Waals surface area contributed by atoms with Crippen LogP contribution in [0, 0.1) is 5.92 Å². The lowest BCUT2D eigenvalue weighted by molar-refractivity contribution is -0.120. The van der Waals surface area contributed by atoms with Crippen LogP contribution in [-0.2, 0) is 18.3 Å². The Morgan fingerprint density at radius 2 is 2.21 bits per heavy atom. The van der Waals surface area contributed by atoms with Crippen molar-refractivity contribution in [2.75, 3.05) is 25.0 Å². The molecule has 2 aromatic heterocycles. The lowest BCUT2D eigenvalue weighted by Crippen LogP contribution is -2.45. The summed E-state index contributed by atoms with van der Waals surface area (Å²) in [5, 5.41) is 25.3. The molecule has 3 aliphatic heterocycles. The lowest BCUT2D eigenvalue weighted by atomic mass is 9.88. The third-order valence-corrected chi connectivity index (χ3v) is 10.5. The Morgan fingerprint density at radius 1 is 1.35 bits per heavy atom. The number of aliphatic imine (C=N–C) groups is 1. The molecule has 2 aromatic rings. The predicted molar refractivity (Wildman–Crippen MR) is 127 cm³/mol. The van der Waals surface area contributed by atoms with E-state index >= 15 is 0 Å². The highest BCUT2D eigenvalue weighted by Gasteiger charge is 2.81. The minimum Gasteiger partial charge on any atom is -0.384 e. The molecule has 182 valence electrons. The normalized spacial score (nSPS) is 41.4. The van der Waals surface area contributed by atoms with Crippen LogP contribution in [0.3, 0.4) is 0 Å². The fourth-order valence-electron chi connectivity index (χ4n) is 5.55. The van der Waals surface area contributed by atoms with E-state index in [9.17, 15) is 14.8 Å². The third-order valence-electron chi connectivity index (χ3n) is 7.56. The number of anilines is 1. The average Bonchev–Trinajstić information content (AvgIpc) is 3.09. The van der Waals surface area contributed by atoms with Gasteiger partial charge >= 0.3 is 7.60 Å². The second-order valence-corrected chi connectivity index (χ2v) is 12.6. The van der Waals surface area contributed by atoms with Crippen molar-refractivity contribution in [1.29, 1.82) is 0 Å². The minimum absolute atomic E-state index is 0.157. The van der Waals surface area contributed by atoms with E-state index in [0.29, 0.717) is 47.6 Å². The number of hydrogen-bond donors (Lipinski definition) is 3. The van der Waals surface area contributed by atoms with Gasteiger partial charge in [-0.05, 0) is 31.4 Å². The van der Waals surface area contributed by atoms with Crippen molar-refractivity contribution in [3.05, 3.63) is 28.2 Å². The molecule has 0 aromatic carbocycles. The van der Waals surface area contributed by atoms with E-state index in [1.165, 1.54) is 17.7 Å². The van der Waals surface area contributed by atoms with Crippen LogP contribution in [0.25, 0.3) is 10.9 Å². The Balaban J connectivity index is 1.15. The number of aromatic nitrogens is 2. The first-order chi connectivity index (χ1) is 16.2. The Bertz CT molecular complexity index is 1250. The van der Waals surface area contributed by atoms with E-state index in [1.54, 1.807) is 13.1 Å². The monoisotopic (exact) mass is 506 g/mol. The maximum absolute atomic E-state index is 13.3. The number of fused-ring (bicyclic) bond motifs is 2. The summed E-state index contributed by atoms with van der Waals surface area (Å²) in [5.41, 5.74) is 4.63. The number of thiophene rings is 1. The molecule has 6 rings (SSSR count). The Hall–Kier alpha value is -1.72. The van der Waals surface area contributed by atoms with Crippen molar-refractivity contribution in [2.24, 2.45) is 10.9 Å². The third kappa shape index (κ3) is 3.33. The zero-order chi connectivity index (χ0) is 23.7. The standard InChI is InChI=1S/C22H27N4O6PS/c1-21(27)19(17-16-13(10-34-17)20(23)26-11-25-16)31-18-14(22(18,21)28)5-9-33(29)30-8-4-15(32-33)12-2-6-24-7-3-12/h2,6,10-11,14-15,18-19,27-28H,3-5,7-9H2,1H3,(H2,23,25,26). The molecule has 7 unspecified atom stereocenters. The number of ether oxygens (including phenoxy) is 1. The van der Waals surface area contributed by atoms with Gasteiger partial charge in [-0.25, -0.2) is 9.97 Å². The van der Waals surface area contributed by atoms with Crippen LogP contribution in [0.15, 0.2) is 28.3 Å². The molecule has 7 atom stereocenters. The second-order valence-electron chi connectivity index (χ2n) is 9.52. The van der Waals surface area contributed by atoms with Crippen molar-refractivity contribution in [2.45, 2.75) is 55.7 Å². The summed E-state index contributed by atoms with van der Waals surface area (Å²) in [6.07, 6.45) is 5.45. The van der Waals surface area contributed by atoms with Crippen LogP contribution in [0.1, 0.15) is 37.2 Å². The molecule has 3 fully saturated rings. The Morgan fingerprint density at radius 3 is 2.94 bits per heavy atom. The molecule has 0 radical (unpaired) electrons. The smallest absolute Gasteiger partial charge is 0.331 e. The molecule has 1 saturated carbocycles. The maximum Gasteiger partial charge on any atom is 0.331 e. The molecule has 34 heavy (non-hydrogen) atoms. The lowest BCUT2D eigenvalue weighted by Gasteiger charge is -2.33. The van der Waals surface area contributed by atoms with Crippen LogP contribution in [-0.4, -0.2) is 69.1 Å². The van der Waals surface area contributed by atoms with E-state index in [0.717, 1.165) is 12.0 Å². The zero-order valence-electron chi connectivity index (χ0n) is 18.7. The van der Waals surface area contributed by atoms with E-state index < -0.39 is 31.0 Å². The SMILES string of the molecule is CC1(O)C(c2scc3c(N)ncnc23)OC2C(CCP3(=O)OCCC(C4=CC=NCC4)O3)C21O. The number of dihydropyridines is 1. The van der Waals surface area contributed by atoms with Gasteiger partial charge in [0.25, 0.3) is 0 Å². The minimum atomic E-state index is -3.33. The fourth-order valence-corrected chi connectivity index (χ4v) is 8.61. The first-order valence-corrected chi connectivity index (χ1v) is 14.0. The summed E-state index contributed by atoms with van der Waals surface area (Å²) >= 11 is 1.37. The van der Waals surface area contributed by atoms with Gasteiger partial charge in [-0.3, -0.25) is 9.56 Å². The molecular weight excluding hydrogens is 479 g/mol. The Kier molecular flexibility index (Phi) is 5.28. The number of aliphatic hydroxyl groups is 2. The van der Waals surface area contributed by atoms with E-state index in [4.69, 9.17) is 19.5 Å². The summed E-state index contributed by atoms with van der Waals surface area (Å²) in [4.78, 5) is 13.2. The van der Waals surface area contributed by atoms with Crippen LogP contribution in [0.4, 0.5) is 5.82 Å². The van der Waals surface area contributed by atoms with Crippen LogP contribution < -0.4 is 5.73 Å². The number of nitrogens with two attached hydrogens (primary N) is 1. The highest BCUT2D eigenvalue weighted by Crippen LogP contribution is 2.68. The number of nitrogens with zero attached hydrogens (tertiary/aromatic N) is 3. The highest BCUT2D eigenvalue weighted by atomic mass is 32.1. The number of rotatable bonds is 5. The summed E-state index contributed by atoms with van der Waals surface area (Å²) in [7, 11) is -3.33. The van der Waals surface area contributed by atoms with Gasteiger partial charge in [0.05, 0.1) is 40.8 Å². The topological polar surface area (TPSA) is 149 Å². The van der Waals surface area contributed by atoms with E-state index in [-0.39, 0.29) is 18.2 Å². The largest absolute Gasteiger partial charge is 0.384 e. The van der Waals surface area contributed by atoms with E-state index in [1.807, 2.05) is 11.5 Å². The summed E-state index contributed by atoms with van der Waals surface area (Å²) in [6, 6.07) is 0. The molecule has 0 amide bonds. The van der Waals surface area contributed by atoms with Crippen LogP contribution in [0.5, 0.6) is 0 Å². The summed E-state index contributed by atoms with van der Waals surface area (Å²) < 4.78 is 31.0. The maximum atomic E-state index is 13.3. The van der Waals surface area contributed by atoms with Gasteiger partial charge in [0.15, 0.2) is 0 Å². The van der Waals surface area contributed by atoms with Gasteiger partial charge in [0.1, 0.15) is 29.5 Å². The number of allylic oxidation sites excluding steroid dienone is 1. The van der Waals surface area contributed by atoms with Crippen molar-refractivity contribution >= 4 is 41.9 Å². The highest BCUT2D eigenvalue weighted by molar-refractivity contribution is 7.53. The van der Waals surface area contributed by atoms with Crippen molar-refractivity contribution in [3.63, 3.8) is 0 Å². The zero-order valence-corrected chi connectivity index (χ0v) is 20.4. The van der Waals surface area contributed by atoms with Crippen molar-refractivity contribution in [1.82, 2.24) is 9.97 Å².